The van der Waals surface area contributed by atoms with Gasteiger partial charge >= 0.3 is 0 Å². The zero-order chi connectivity index (χ0) is 24.1. The van der Waals surface area contributed by atoms with Crippen molar-refractivity contribution in [3.8, 4) is 11.1 Å². The first kappa shape index (κ1) is 22.1. The maximum absolute atomic E-state index is 15.2. The van der Waals surface area contributed by atoms with E-state index in [2.05, 4.69) is 28.0 Å². The number of benzene rings is 2. The molecule has 0 radical (unpaired) electrons. The van der Waals surface area contributed by atoms with E-state index in [1.54, 1.807) is 18.2 Å². The lowest BCUT2D eigenvalue weighted by atomic mass is 10.1. The summed E-state index contributed by atoms with van der Waals surface area (Å²) in [5, 5.41) is 0.723. The van der Waals surface area contributed by atoms with Crippen LogP contribution in [-0.4, -0.2) is 27.5 Å². The maximum atomic E-state index is 15.2. The minimum atomic E-state index is -1.71. The molecule has 1 aliphatic carbocycles. The van der Waals surface area contributed by atoms with Crippen LogP contribution in [0.4, 0.5) is 15.9 Å². The second-order valence-corrected chi connectivity index (χ2v) is 10.5. The van der Waals surface area contributed by atoms with E-state index < -0.39 is 16.8 Å². The lowest BCUT2D eigenvalue weighted by Crippen LogP contribution is -2.07. The molecular weight excluding hydrogens is 485 g/mol. The number of hydrogen-bond donors (Lipinski definition) is 2. The molecule has 1 atom stereocenters. The van der Waals surface area contributed by atoms with E-state index in [9.17, 15) is 4.21 Å². The maximum Gasteiger partial charge on any atom is 0.152 e. The average Bonchev–Trinajstić information content (AvgIpc) is 3.60. The van der Waals surface area contributed by atoms with Gasteiger partial charge < -0.3 is 10.3 Å². The number of aromatic nitrogens is 5. The van der Waals surface area contributed by atoms with Crippen LogP contribution in [0.5, 0.6) is 0 Å². The van der Waals surface area contributed by atoms with Crippen LogP contribution in [0.1, 0.15) is 37.3 Å². The highest BCUT2D eigenvalue weighted by atomic mass is 32.2. The van der Waals surface area contributed by atoms with E-state index >= 15 is 4.39 Å². The SMILES string of the molecule is Cc1ccc(S(=O)Nc2ccc(-c3cn(C4CCCC4)c4ncnc(N)c34)cc2F)c2nsnc12. The van der Waals surface area contributed by atoms with Gasteiger partial charge in [0.25, 0.3) is 0 Å². The summed E-state index contributed by atoms with van der Waals surface area (Å²) in [7, 11) is -1.71. The Kier molecular flexibility index (Phi) is 5.45. The molecule has 6 rings (SSSR count). The van der Waals surface area contributed by atoms with Crippen molar-refractivity contribution >= 4 is 56.3 Å². The number of halogens is 1. The van der Waals surface area contributed by atoms with Crippen LogP contribution in [-0.2, 0) is 11.0 Å². The minimum Gasteiger partial charge on any atom is -0.383 e. The molecule has 0 bridgehead atoms. The van der Waals surface area contributed by atoms with Gasteiger partial charge in [-0.3, -0.25) is 4.72 Å². The van der Waals surface area contributed by atoms with Crippen LogP contribution in [0.25, 0.3) is 33.2 Å². The Labute approximate surface area is 207 Å². The van der Waals surface area contributed by atoms with Crippen LogP contribution in [0.2, 0.25) is 0 Å². The number of anilines is 2. The molecule has 1 unspecified atom stereocenters. The smallest absolute Gasteiger partial charge is 0.152 e. The molecule has 0 saturated heterocycles. The highest BCUT2D eigenvalue weighted by Gasteiger charge is 2.23. The standard InChI is InChI=1S/C24H22FN7OS2/c1-13-6-9-19(22-21(13)29-34-30-22)35(33)31-18-8-7-14(10-17(18)25)16-11-32(15-4-2-3-5-15)24-20(16)23(26)27-12-28-24/h6-12,15,31H,2-5H2,1H3,(H2,26,27,28). The van der Waals surface area contributed by atoms with Crippen molar-refractivity contribution < 1.29 is 8.60 Å². The number of nitrogen functional groups attached to an aromatic ring is 1. The van der Waals surface area contributed by atoms with Crippen LogP contribution >= 0.6 is 11.7 Å². The third-order valence-corrected chi connectivity index (χ3v) is 8.28. The van der Waals surface area contributed by atoms with Crippen molar-refractivity contribution in [3.05, 3.63) is 54.2 Å². The van der Waals surface area contributed by atoms with Gasteiger partial charge in [0.1, 0.15) is 34.6 Å². The molecule has 0 spiro atoms. The summed E-state index contributed by atoms with van der Waals surface area (Å²) in [4.78, 5) is 9.12. The Bertz CT molecular complexity index is 1610. The van der Waals surface area contributed by atoms with Crippen LogP contribution < -0.4 is 10.5 Å². The molecule has 1 fully saturated rings. The fourth-order valence-electron chi connectivity index (χ4n) is 4.83. The van der Waals surface area contributed by atoms with Crippen LogP contribution in [0.3, 0.4) is 0 Å². The van der Waals surface area contributed by atoms with Gasteiger partial charge in [-0.15, -0.1) is 0 Å². The third-order valence-electron chi connectivity index (χ3n) is 6.62. The molecule has 1 aliphatic rings. The molecule has 1 saturated carbocycles. The van der Waals surface area contributed by atoms with E-state index in [-0.39, 0.29) is 5.69 Å². The first-order valence-electron chi connectivity index (χ1n) is 11.3. The number of hydrogen-bond acceptors (Lipinski definition) is 7. The summed E-state index contributed by atoms with van der Waals surface area (Å²) in [5.74, 6) is -0.154. The van der Waals surface area contributed by atoms with E-state index in [0.717, 1.165) is 46.7 Å². The zero-order valence-corrected chi connectivity index (χ0v) is 20.5. The van der Waals surface area contributed by atoms with E-state index in [4.69, 9.17) is 5.73 Å². The van der Waals surface area contributed by atoms with Crippen LogP contribution in [0, 0.1) is 12.7 Å². The summed E-state index contributed by atoms with van der Waals surface area (Å²) in [6, 6.07) is 8.72. The number of nitrogens with two attached hydrogens (primary N) is 1. The van der Waals surface area contributed by atoms with E-state index in [1.165, 1.54) is 25.2 Å². The highest BCUT2D eigenvalue weighted by Crippen LogP contribution is 2.39. The second-order valence-electron chi connectivity index (χ2n) is 8.75. The van der Waals surface area contributed by atoms with Crippen molar-refractivity contribution in [2.24, 2.45) is 0 Å². The van der Waals surface area contributed by atoms with Gasteiger partial charge in [-0.05, 0) is 49.1 Å². The predicted octanol–water partition coefficient (Wildman–Crippen LogP) is 5.38. The third kappa shape index (κ3) is 3.75. The van der Waals surface area contributed by atoms with Gasteiger partial charge in [0.05, 0.1) is 27.7 Å². The number of nitrogens with zero attached hydrogens (tertiary/aromatic N) is 5. The van der Waals surface area contributed by atoms with Crippen molar-refractivity contribution in [1.82, 2.24) is 23.3 Å². The Morgan fingerprint density at radius 1 is 1.14 bits per heavy atom. The lowest BCUT2D eigenvalue weighted by Gasteiger charge is -2.12. The second kappa shape index (κ2) is 8.65. The van der Waals surface area contributed by atoms with Gasteiger partial charge in [-0.25, -0.2) is 18.6 Å². The van der Waals surface area contributed by atoms with Crippen molar-refractivity contribution in [1.29, 1.82) is 0 Å². The number of aryl methyl sites for hydroxylation is 1. The molecule has 0 amide bonds. The van der Waals surface area contributed by atoms with E-state index in [0.29, 0.717) is 33.4 Å². The Hall–Kier alpha value is -3.44. The fraction of sp³-hybridized carbons (Fsp3) is 0.250. The molecule has 8 nitrogen and oxygen atoms in total. The van der Waals surface area contributed by atoms with Gasteiger partial charge in [-0.1, -0.05) is 25.0 Å². The largest absolute Gasteiger partial charge is 0.383 e. The lowest BCUT2D eigenvalue weighted by molar-refractivity contribution is 0.532. The molecule has 35 heavy (non-hydrogen) atoms. The van der Waals surface area contributed by atoms with Crippen LogP contribution in [0.15, 0.2) is 47.8 Å². The normalized spacial score (nSPS) is 15.3. The van der Waals surface area contributed by atoms with Gasteiger partial charge in [0.2, 0.25) is 0 Å². The van der Waals surface area contributed by atoms with Crippen molar-refractivity contribution in [2.75, 3.05) is 10.5 Å². The van der Waals surface area contributed by atoms with E-state index in [1.807, 2.05) is 19.2 Å². The quantitative estimate of drug-likeness (QED) is 0.330. The molecule has 5 aromatic rings. The Morgan fingerprint density at radius 2 is 1.94 bits per heavy atom. The van der Waals surface area contributed by atoms with Gasteiger partial charge in [0.15, 0.2) is 11.0 Å². The molecule has 3 heterocycles. The average molecular weight is 508 g/mol. The number of rotatable bonds is 5. The fourth-order valence-corrected chi connectivity index (χ4v) is 6.49. The summed E-state index contributed by atoms with van der Waals surface area (Å²) >= 11 is 1.06. The van der Waals surface area contributed by atoms with Gasteiger partial charge in [-0.2, -0.15) is 8.75 Å². The summed E-state index contributed by atoms with van der Waals surface area (Å²) in [6.45, 7) is 1.92. The predicted molar refractivity (Wildman–Crippen MR) is 137 cm³/mol. The highest BCUT2D eigenvalue weighted by molar-refractivity contribution is 7.86. The molecule has 3 aromatic heterocycles. The number of nitrogens with one attached hydrogen (secondary N) is 1. The summed E-state index contributed by atoms with van der Waals surface area (Å²) in [5.41, 5.74) is 10.8. The monoisotopic (exact) mass is 507 g/mol. The zero-order valence-electron chi connectivity index (χ0n) is 18.9. The molecule has 0 aliphatic heterocycles. The van der Waals surface area contributed by atoms with Crippen molar-refractivity contribution in [2.45, 2.75) is 43.5 Å². The molecule has 2 aromatic carbocycles. The summed E-state index contributed by atoms with van der Waals surface area (Å²) in [6.07, 6.45) is 7.99. The molecular formula is C24H22FN7OS2. The molecule has 3 N–H and O–H groups in total. The van der Waals surface area contributed by atoms with Gasteiger partial charge in [0, 0.05) is 17.8 Å². The first-order valence-corrected chi connectivity index (χ1v) is 13.2. The first-order chi connectivity index (χ1) is 17.0. The number of fused-ring (bicyclic) bond motifs is 2. The topological polar surface area (TPSA) is 112 Å². The van der Waals surface area contributed by atoms with Crippen molar-refractivity contribution in [3.63, 3.8) is 0 Å². The molecule has 11 heteroatoms. The Balaban J connectivity index is 1.36. The Morgan fingerprint density at radius 3 is 2.74 bits per heavy atom. The minimum absolute atomic E-state index is 0.132. The molecule has 178 valence electrons. The summed E-state index contributed by atoms with van der Waals surface area (Å²) < 4.78 is 41.8.